The average molecular weight is 305 g/mol. The van der Waals surface area contributed by atoms with Crippen molar-refractivity contribution in [3.05, 3.63) is 21.9 Å². The highest BCUT2D eigenvalue weighted by atomic mass is 32.1. The molecule has 1 aromatic heterocycles. The molecule has 0 amide bonds. The summed E-state index contributed by atoms with van der Waals surface area (Å²) < 4.78 is 0. The van der Waals surface area contributed by atoms with Crippen molar-refractivity contribution in [1.29, 1.82) is 0 Å². The first kappa shape index (κ1) is 15.2. The molecule has 0 radical (unpaired) electrons. The van der Waals surface area contributed by atoms with Crippen molar-refractivity contribution in [3.63, 3.8) is 0 Å². The molecule has 1 aliphatic carbocycles. The molecule has 1 aromatic rings. The average Bonchev–Trinajstić information content (AvgIpc) is 3.18. The Kier molecular flexibility index (Phi) is 4.80. The number of hydrogen-bond donors (Lipinski definition) is 0. The Morgan fingerprint density at radius 3 is 2.38 bits per heavy atom. The second-order valence-corrected chi connectivity index (χ2v) is 7.86. The van der Waals surface area contributed by atoms with Crippen LogP contribution in [0.25, 0.3) is 0 Å². The van der Waals surface area contributed by atoms with Crippen molar-refractivity contribution >= 4 is 17.1 Å². The van der Waals surface area contributed by atoms with Crippen molar-refractivity contribution in [1.82, 2.24) is 4.90 Å². The molecule has 3 rings (SSSR count). The molecule has 0 unspecified atom stereocenters. The maximum Gasteiger partial charge on any atom is 0.158 e. The Hall–Kier alpha value is -0.670. The highest BCUT2D eigenvalue weighted by molar-refractivity contribution is 7.12. The minimum atomic E-state index is -0.114. The third-order valence-electron chi connectivity index (χ3n) is 5.31. The van der Waals surface area contributed by atoms with Crippen LogP contribution >= 0.6 is 11.3 Å². The maximum atomic E-state index is 13.1. The lowest BCUT2D eigenvalue weighted by Gasteiger charge is -2.42. The fourth-order valence-corrected chi connectivity index (χ4v) is 5.04. The number of aryl methyl sites for hydroxylation is 1. The molecular weight excluding hydrogens is 278 g/mol. The Balaban J connectivity index is 1.74. The van der Waals surface area contributed by atoms with E-state index in [2.05, 4.69) is 24.0 Å². The van der Waals surface area contributed by atoms with Crippen molar-refractivity contribution in [2.45, 2.75) is 70.3 Å². The molecule has 2 nitrogen and oxygen atoms in total. The van der Waals surface area contributed by atoms with Gasteiger partial charge in [-0.05, 0) is 57.3 Å². The molecule has 0 spiro atoms. The highest BCUT2D eigenvalue weighted by Crippen LogP contribution is 2.39. The van der Waals surface area contributed by atoms with Crippen molar-refractivity contribution in [2.24, 2.45) is 0 Å². The summed E-state index contributed by atoms with van der Waals surface area (Å²) >= 11 is 1.83. The van der Waals surface area contributed by atoms with Gasteiger partial charge in [-0.15, -0.1) is 11.3 Å². The third kappa shape index (κ3) is 3.09. The molecule has 21 heavy (non-hydrogen) atoms. The van der Waals surface area contributed by atoms with Gasteiger partial charge in [0.2, 0.25) is 0 Å². The second-order valence-electron chi connectivity index (χ2n) is 6.61. The molecule has 1 saturated heterocycles. The smallest absolute Gasteiger partial charge is 0.158 e. The van der Waals surface area contributed by atoms with Crippen molar-refractivity contribution < 1.29 is 4.79 Å². The quantitative estimate of drug-likeness (QED) is 0.812. The zero-order chi connectivity index (χ0) is 14.7. The molecule has 116 valence electrons. The number of carbonyl (C=O) groups excluding carboxylic acids is 1. The summed E-state index contributed by atoms with van der Waals surface area (Å²) in [5.74, 6) is 0.492. The topological polar surface area (TPSA) is 20.3 Å². The van der Waals surface area contributed by atoms with Gasteiger partial charge >= 0.3 is 0 Å². The van der Waals surface area contributed by atoms with E-state index in [1.54, 1.807) is 0 Å². The first-order valence-electron chi connectivity index (χ1n) is 8.60. The van der Waals surface area contributed by atoms with Gasteiger partial charge in [-0.25, -0.2) is 0 Å². The predicted octanol–water partition coefficient (Wildman–Crippen LogP) is 4.22. The summed E-state index contributed by atoms with van der Waals surface area (Å²) in [4.78, 5) is 18.3. The summed E-state index contributed by atoms with van der Waals surface area (Å²) in [5, 5.41) is 0. The molecule has 2 fully saturated rings. The van der Waals surface area contributed by atoms with Gasteiger partial charge in [-0.3, -0.25) is 9.69 Å². The second kappa shape index (κ2) is 6.62. The van der Waals surface area contributed by atoms with Crippen LogP contribution in [0.1, 0.15) is 61.6 Å². The normalized spacial score (nSPS) is 22.5. The summed E-state index contributed by atoms with van der Waals surface area (Å²) in [6, 6.07) is 4.36. The Morgan fingerprint density at radius 2 is 1.76 bits per heavy atom. The zero-order valence-electron chi connectivity index (χ0n) is 13.2. The van der Waals surface area contributed by atoms with Crippen molar-refractivity contribution in [3.8, 4) is 0 Å². The number of nitrogens with zero attached hydrogens (tertiary/aromatic N) is 1. The van der Waals surface area contributed by atoms with E-state index in [4.69, 9.17) is 0 Å². The van der Waals surface area contributed by atoms with Crippen LogP contribution in [-0.4, -0.2) is 29.3 Å². The lowest BCUT2D eigenvalue weighted by atomic mass is 9.86. The number of ketones is 1. The third-order valence-corrected chi connectivity index (χ3v) is 6.54. The fourth-order valence-electron chi connectivity index (χ4n) is 4.08. The standard InChI is InChI=1S/C18H27NOS/c1-2-15-8-9-16(21-15)14-17(20)18(10-4-5-11-18)19-12-6-3-7-13-19/h8-9H,2-7,10-14H2,1H3. The number of piperidine rings is 1. The van der Waals surface area contributed by atoms with Gasteiger partial charge in [0.15, 0.2) is 5.78 Å². The molecule has 0 atom stereocenters. The van der Waals surface area contributed by atoms with Crippen LogP contribution in [0.15, 0.2) is 12.1 Å². The first-order chi connectivity index (χ1) is 10.2. The van der Waals surface area contributed by atoms with Gasteiger partial charge in [-0.1, -0.05) is 26.2 Å². The molecule has 1 aliphatic heterocycles. The van der Waals surface area contributed by atoms with Crippen molar-refractivity contribution in [2.75, 3.05) is 13.1 Å². The van der Waals surface area contributed by atoms with Gasteiger partial charge in [-0.2, -0.15) is 0 Å². The van der Waals surface area contributed by atoms with Crippen LogP contribution < -0.4 is 0 Å². The predicted molar refractivity (Wildman–Crippen MR) is 89.0 cm³/mol. The van der Waals surface area contributed by atoms with E-state index in [1.807, 2.05) is 11.3 Å². The summed E-state index contributed by atoms with van der Waals surface area (Å²) in [5.41, 5.74) is -0.114. The van der Waals surface area contributed by atoms with Crippen LogP contribution in [0.2, 0.25) is 0 Å². The number of likely N-dealkylation sites (tertiary alicyclic amines) is 1. The van der Waals surface area contributed by atoms with E-state index in [0.717, 1.165) is 32.4 Å². The molecule has 2 aliphatic rings. The number of thiophene rings is 1. The van der Waals surface area contributed by atoms with E-state index in [9.17, 15) is 4.79 Å². The van der Waals surface area contributed by atoms with Gasteiger partial charge in [0.05, 0.1) is 5.54 Å². The zero-order valence-corrected chi connectivity index (χ0v) is 14.0. The molecule has 0 bridgehead atoms. The Labute approximate surface area is 132 Å². The van der Waals surface area contributed by atoms with Gasteiger partial charge in [0.25, 0.3) is 0 Å². The van der Waals surface area contributed by atoms with Crippen LogP contribution in [0.3, 0.4) is 0 Å². The number of hydrogen-bond acceptors (Lipinski definition) is 3. The highest BCUT2D eigenvalue weighted by Gasteiger charge is 2.45. The van der Waals surface area contributed by atoms with E-state index in [1.165, 1.54) is 41.9 Å². The van der Waals surface area contributed by atoms with E-state index >= 15 is 0 Å². The fraction of sp³-hybridized carbons (Fsp3) is 0.722. The van der Waals surface area contributed by atoms with Crippen LogP contribution in [-0.2, 0) is 17.6 Å². The van der Waals surface area contributed by atoms with E-state index in [-0.39, 0.29) is 5.54 Å². The number of carbonyl (C=O) groups is 1. The van der Waals surface area contributed by atoms with Crippen LogP contribution in [0.5, 0.6) is 0 Å². The molecule has 0 aromatic carbocycles. The minimum absolute atomic E-state index is 0.114. The Bertz CT molecular complexity index is 481. The van der Waals surface area contributed by atoms with Gasteiger partial charge in [0, 0.05) is 16.2 Å². The summed E-state index contributed by atoms with van der Waals surface area (Å²) in [6.45, 7) is 4.45. The lowest BCUT2D eigenvalue weighted by molar-refractivity contribution is -0.131. The first-order valence-corrected chi connectivity index (χ1v) is 9.42. The maximum absolute atomic E-state index is 13.1. The van der Waals surface area contributed by atoms with Gasteiger partial charge < -0.3 is 0 Å². The molecule has 2 heterocycles. The summed E-state index contributed by atoms with van der Waals surface area (Å²) in [7, 11) is 0. The van der Waals surface area contributed by atoms with Crippen LogP contribution in [0, 0.1) is 0 Å². The largest absolute Gasteiger partial charge is 0.297 e. The lowest BCUT2D eigenvalue weighted by Crippen LogP contribution is -2.55. The van der Waals surface area contributed by atoms with E-state index < -0.39 is 0 Å². The van der Waals surface area contributed by atoms with E-state index in [0.29, 0.717) is 12.2 Å². The molecule has 0 N–H and O–H groups in total. The SMILES string of the molecule is CCc1ccc(CC(=O)C2(N3CCCCC3)CCCC2)s1. The van der Waals surface area contributed by atoms with Gasteiger partial charge in [0.1, 0.15) is 0 Å². The summed E-state index contributed by atoms with van der Waals surface area (Å²) in [6.07, 6.45) is 10.3. The monoisotopic (exact) mass is 305 g/mol. The van der Waals surface area contributed by atoms with Crippen LogP contribution in [0.4, 0.5) is 0 Å². The molecular formula is C18H27NOS. The minimum Gasteiger partial charge on any atom is -0.297 e. The molecule has 1 saturated carbocycles. The molecule has 3 heteroatoms. The number of Topliss-reactive ketones (excluding diaryl/α,β-unsaturated/α-hetero) is 1. The number of rotatable bonds is 5. The Morgan fingerprint density at radius 1 is 1.10 bits per heavy atom.